The average molecular weight is 1200 g/mol. The molecule has 0 aromatic heterocycles. The van der Waals surface area contributed by atoms with Crippen LogP contribution in [0.5, 0.6) is 0 Å². The number of ether oxygens (including phenoxy) is 1. The van der Waals surface area contributed by atoms with Crippen molar-refractivity contribution in [2.45, 2.75) is 443 Å². The largest absolute Gasteiger partial charge is 0.466 e. The van der Waals surface area contributed by atoms with E-state index in [0.29, 0.717) is 19.4 Å². The lowest BCUT2D eigenvalue weighted by atomic mass is 10.0. The molecule has 2 atom stereocenters. The topological polar surface area (TPSA) is 95.9 Å². The maximum Gasteiger partial charge on any atom is 0.305 e. The molecule has 3 N–H and O–H groups in total. The van der Waals surface area contributed by atoms with Crippen LogP contribution in [0.25, 0.3) is 0 Å². The Kier molecular flexibility index (Phi) is 72.9. The molecule has 6 heteroatoms. The Bertz CT molecular complexity index is 1380. The van der Waals surface area contributed by atoms with Crippen LogP contribution < -0.4 is 5.32 Å². The van der Waals surface area contributed by atoms with E-state index in [1.54, 1.807) is 6.08 Å². The summed E-state index contributed by atoms with van der Waals surface area (Å²) in [5, 5.41) is 23.3. The van der Waals surface area contributed by atoms with E-state index >= 15 is 0 Å². The normalized spacial score (nSPS) is 12.7. The van der Waals surface area contributed by atoms with Gasteiger partial charge in [-0.3, -0.25) is 9.59 Å². The summed E-state index contributed by atoms with van der Waals surface area (Å²) in [5.74, 6) is -0.0515. The SMILES string of the molecule is CCCCCC/C=C\CCCCCCCC(=O)OCCCCCCCCCCCCCC/C=C\CCCCCCCCCCCCCCCCCCC(=O)NC(CO)C(O)/C=C/CCCCCCCCCCCCCCCCCCCCCCC. The zero-order chi connectivity index (χ0) is 61.3. The van der Waals surface area contributed by atoms with Crippen molar-refractivity contribution in [3.05, 3.63) is 36.5 Å². The van der Waals surface area contributed by atoms with Crippen molar-refractivity contribution in [1.82, 2.24) is 5.32 Å². The second kappa shape index (κ2) is 74.5. The van der Waals surface area contributed by atoms with Gasteiger partial charge in [-0.15, -0.1) is 0 Å². The molecule has 85 heavy (non-hydrogen) atoms. The van der Waals surface area contributed by atoms with Crippen LogP contribution in [0.15, 0.2) is 36.5 Å². The Labute approximate surface area is 532 Å². The van der Waals surface area contributed by atoms with E-state index in [1.807, 2.05) is 6.08 Å². The molecule has 0 aromatic rings. The number of esters is 1. The molecule has 0 saturated carbocycles. The Morgan fingerprint density at radius 2 is 0.553 bits per heavy atom. The number of carbonyl (C=O) groups excluding carboxylic acids is 2. The summed E-state index contributed by atoms with van der Waals surface area (Å²) in [5.41, 5.74) is 0. The number of hydrogen-bond acceptors (Lipinski definition) is 5. The molecule has 502 valence electrons. The lowest BCUT2D eigenvalue weighted by Gasteiger charge is -2.20. The summed E-state index contributed by atoms with van der Waals surface area (Å²) in [7, 11) is 0. The van der Waals surface area contributed by atoms with Gasteiger partial charge in [0.25, 0.3) is 0 Å². The summed E-state index contributed by atoms with van der Waals surface area (Å²) >= 11 is 0. The molecule has 1 amide bonds. The fraction of sp³-hybridized carbons (Fsp3) is 0.899. The highest BCUT2D eigenvalue weighted by atomic mass is 16.5. The van der Waals surface area contributed by atoms with Crippen molar-refractivity contribution >= 4 is 11.9 Å². The number of aliphatic hydroxyl groups is 2. The predicted molar refractivity (Wildman–Crippen MR) is 375 cm³/mol. The zero-order valence-electron chi connectivity index (χ0n) is 57.6. The van der Waals surface area contributed by atoms with Gasteiger partial charge in [-0.05, 0) is 83.5 Å². The highest BCUT2D eigenvalue weighted by Gasteiger charge is 2.18. The van der Waals surface area contributed by atoms with Crippen LogP contribution in [-0.4, -0.2) is 47.4 Å². The van der Waals surface area contributed by atoms with Gasteiger partial charge < -0.3 is 20.3 Å². The minimum Gasteiger partial charge on any atom is -0.466 e. The third kappa shape index (κ3) is 71.0. The second-order valence-electron chi connectivity index (χ2n) is 26.7. The molecular weight excluding hydrogens is 1040 g/mol. The Morgan fingerprint density at radius 1 is 0.318 bits per heavy atom. The van der Waals surface area contributed by atoms with Crippen molar-refractivity contribution in [2.24, 2.45) is 0 Å². The molecule has 0 aliphatic heterocycles. The first-order valence-corrected chi connectivity index (χ1v) is 38.8. The van der Waals surface area contributed by atoms with E-state index in [1.165, 1.54) is 360 Å². The fourth-order valence-corrected chi connectivity index (χ4v) is 12.2. The summed E-state index contributed by atoms with van der Waals surface area (Å²) in [6.07, 6.45) is 96.9. The number of carbonyl (C=O) groups is 2. The lowest BCUT2D eigenvalue weighted by molar-refractivity contribution is -0.143. The van der Waals surface area contributed by atoms with Gasteiger partial charge in [0.2, 0.25) is 5.91 Å². The minimum absolute atomic E-state index is 0.00922. The van der Waals surface area contributed by atoms with Crippen molar-refractivity contribution in [3.8, 4) is 0 Å². The van der Waals surface area contributed by atoms with Crippen molar-refractivity contribution in [3.63, 3.8) is 0 Å². The van der Waals surface area contributed by atoms with Gasteiger partial charge in [-0.2, -0.15) is 0 Å². The van der Waals surface area contributed by atoms with E-state index < -0.39 is 12.1 Å². The number of rotatable bonds is 73. The third-order valence-corrected chi connectivity index (χ3v) is 18.1. The monoisotopic (exact) mass is 1190 g/mol. The smallest absolute Gasteiger partial charge is 0.305 e. The molecule has 0 bridgehead atoms. The molecule has 0 aliphatic carbocycles. The molecular formula is C79H151NO5. The number of unbranched alkanes of at least 4 members (excludes halogenated alkanes) is 58. The first-order valence-electron chi connectivity index (χ1n) is 38.8. The van der Waals surface area contributed by atoms with Crippen molar-refractivity contribution in [1.29, 1.82) is 0 Å². The molecule has 0 aliphatic rings. The standard InChI is InChI=1S/C79H151NO5/c1-3-5-7-9-11-13-15-17-18-19-20-21-32-35-38-41-44-48-51-55-59-63-67-71-77(82)76(75-81)80-78(83)72-68-64-60-56-52-49-45-42-39-36-33-30-28-26-24-22-23-25-27-29-31-34-37-40-43-46-50-54-58-62-66-70-74-85-79(84)73-69-65-61-57-53-47-16-14-12-10-8-6-4-2/h14,16,25,27,67,71,76-77,81-82H,3-13,15,17-24,26,28-66,68-70,72-75H2,1-2H3,(H,80,83)/b16-14-,27-25-,71-67+. The molecule has 0 aromatic carbocycles. The van der Waals surface area contributed by atoms with Crippen LogP contribution in [0.4, 0.5) is 0 Å². The summed E-state index contributed by atoms with van der Waals surface area (Å²) in [6, 6.07) is -0.627. The van der Waals surface area contributed by atoms with Crippen LogP contribution in [-0.2, 0) is 14.3 Å². The van der Waals surface area contributed by atoms with Crippen LogP contribution in [0, 0.1) is 0 Å². The third-order valence-electron chi connectivity index (χ3n) is 18.1. The summed E-state index contributed by atoms with van der Waals surface area (Å²) < 4.78 is 5.48. The van der Waals surface area contributed by atoms with Gasteiger partial charge in [0.15, 0.2) is 0 Å². The first kappa shape index (κ1) is 83.1. The lowest BCUT2D eigenvalue weighted by Crippen LogP contribution is -2.45. The van der Waals surface area contributed by atoms with E-state index in [0.717, 1.165) is 44.9 Å². The van der Waals surface area contributed by atoms with Crippen LogP contribution in [0.2, 0.25) is 0 Å². The highest BCUT2D eigenvalue weighted by molar-refractivity contribution is 5.76. The van der Waals surface area contributed by atoms with Crippen molar-refractivity contribution in [2.75, 3.05) is 13.2 Å². The van der Waals surface area contributed by atoms with E-state index in [9.17, 15) is 19.8 Å². The molecule has 0 rings (SSSR count). The minimum atomic E-state index is -0.844. The molecule has 0 fully saturated rings. The Hall–Kier alpha value is -1.92. The molecule has 0 saturated heterocycles. The molecule has 0 heterocycles. The molecule has 2 unspecified atom stereocenters. The fourth-order valence-electron chi connectivity index (χ4n) is 12.2. The second-order valence-corrected chi connectivity index (χ2v) is 26.7. The molecule has 0 spiro atoms. The van der Waals surface area contributed by atoms with E-state index in [-0.39, 0.29) is 18.5 Å². The van der Waals surface area contributed by atoms with E-state index in [4.69, 9.17) is 4.74 Å². The van der Waals surface area contributed by atoms with Gasteiger partial charge in [0.1, 0.15) is 0 Å². The summed E-state index contributed by atoms with van der Waals surface area (Å²) in [6.45, 7) is 4.93. The number of aliphatic hydroxyl groups excluding tert-OH is 2. The number of allylic oxidation sites excluding steroid dienone is 5. The van der Waals surface area contributed by atoms with Crippen LogP contribution in [0.3, 0.4) is 0 Å². The average Bonchev–Trinajstić information content (AvgIpc) is 3.51. The number of hydrogen-bond donors (Lipinski definition) is 3. The Morgan fingerprint density at radius 3 is 0.847 bits per heavy atom. The van der Waals surface area contributed by atoms with Crippen molar-refractivity contribution < 1.29 is 24.5 Å². The van der Waals surface area contributed by atoms with Gasteiger partial charge in [0, 0.05) is 12.8 Å². The van der Waals surface area contributed by atoms with Crippen LogP contribution in [0.1, 0.15) is 431 Å². The van der Waals surface area contributed by atoms with Crippen LogP contribution >= 0.6 is 0 Å². The molecule has 0 radical (unpaired) electrons. The first-order chi connectivity index (χ1) is 42.0. The van der Waals surface area contributed by atoms with Gasteiger partial charge in [0.05, 0.1) is 25.4 Å². The zero-order valence-corrected chi connectivity index (χ0v) is 57.6. The maximum atomic E-state index is 12.5. The van der Waals surface area contributed by atoms with Gasteiger partial charge >= 0.3 is 5.97 Å². The Balaban J connectivity index is 3.38. The predicted octanol–water partition coefficient (Wildman–Crippen LogP) is 25.4. The molecule has 6 nitrogen and oxygen atoms in total. The quantitative estimate of drug-likeness (QED) is 0.0320. The van der Waals surface area contributed by atoms with Gasteiger partial charge in [-0.25, -0.2) is 0 Å². The number of amides is 1. The maximum absolute atomic E-state index is 12.5. The summed E-state index contributed by atoms with van der Waals surface area (Å²) in [4.78, 5) is 24.6. The van der Waals surface area contributed by atoms with Gasteiger partial charge in [-0.1, -0.05) is 371 Å². The number of nitrogens with one attached hydrogen (secondary N) is 1. The van der Waals surface area contributed by atoms with E-state index in [2.05, 4.69) is 43.5 Å². The highest BCUT2D eigenvalue weighted by Crippen LogP contribution is 2.19.